The Morgan fingerprint density at radius 2 is 1.45 bits per heavy atom. The van der Waals surface area contributed by atoms with E-state index in [0.29, 0.717) is 11.8 Å². The monoisotopic (exact) mass is 266 g/mol. The molecule has 0 aromatic heterocycles. The van der Waals surface area contributed by atoms with Crippen molar-refractivity contribution in [3.05, 3.63) is 71.3 Å². The zero-order valence-corrected chi connectivity index (χ0v) is 13.0. The minimum absolute atomic E-state index is 0.615. The Morgan fingerprint density at radius 1 is 0.800 bits per heavy atom. The summed E-state index contributed by atoms with van der Waals surface area (Å²) in [6, 6.07) is 20.1. The van der Waals surface area contributed by atoms with Crippen molar-refractivity contribution >= 4 is 0 Å². The molecule has 1 atom stereocenters. The van der Waals surface area contributed by atoms with E-state index in [0.717, 1.165) is 6.42 Å². The van der Waals surface area contributed by atoms with Crippen molar-refractivity contribution in [2.45, 2.75) is 51.9 Å². The predicted molar refractivity (Wildman–Crippen MR) is 88.3 cm³/mol. The van der Waals surface area contributed by atoms with Crippen LogP contribution in [0.15, 0.2) is 54.6 Å². The molecule has 0 saturated heterocycles. The van der Waals surface area contributed by atoms with Crippen LogP contribution in [0.2, 0.25) is 0 Å². The van der Waals surface area contributed by atoms with Crippen molar-refractivity contribution in [2.75, 3.05) is 0 Å². The van der Waals surface area contributed by atoms with E-state index in [1.807, 2.05) is 0 Å². The van der Waals surface area contributed by atoms with Crippen LogP contribution >= 0.6 is 0 Å². The standard InChI is InChI=1S/C20H26/c1-4-8-20(19-9-6-5-7-10-19)15-17-11-13-18(14-12-17)16(2)3/h5-7,9-14,16,20H,4,8,15H2,1-3H3. The molecular formula is C20H26. The first-order valence-corrected chi connectivity index (χ1v) is 7.84. The molecule has 0 heterocycles. The first-order chi connectivity index (χ1) is 9.70. The molecule has 106 valence electrons. The lowest BCUT2D eigenvalue weighted by molar-refractivity contribution is 0.610. The summed E-state index contributed by atoms with van der Waals surface area (Å²) in [7, 11) is 0. The highest BCUT2D eigenvalue weighted by atomic mass is 14.2. The van der Waals surface area contributed by atoms with Gasteiger partial charge in [-0.25, -0.2) is 0 Å². The highest BCUT2D eigenvalue weighted by Gasteiger charge is 2.11. The molecule has 0 nitrogen and oxygen atoms in total. The van der Waals surface area contributed by atoms with E-state index in [2.05, 4.69) is 75.4 Å². The molecule has 0 aliphatic heterocycles. The lowest BCUT2D eigenvalue weighted by atomic mass is 9.88. The van der Waals surface area contributed by atoms with Crippen LogP contribution in [-0.2, 0) is 6.42 Å². The normalized spacial score (nSPS) is 12.6. The van der Waals surface area contributed by atoms with Crippen LogP contribution in [0.4, 0.5) is 0 Å². The summed E-state index contributed by atoms with van der Waals surface area (Å²) < 4.78 is 0. The molecule has 0 fully saturated rings. The zero-order chi connectivity index (χ0) is 14.4. The van der Waals surface area contributed by atoms with E-state index >= 15 is 0 Å². The molecule has 20 heavy (non-hydrogen) atoms. The Morgan fingerprint density at radius 3 is 2.00 bits per heavy atom. The number of hydrogen-bond acceptors (Lipinski definition) is 0. The minimum Gasteiger partial charge on any atom is -0.0654 e. The van der Waals surface area contributed by atoms with Crippen LogP contribution in [0, 0.1) is 0 Å². The van der Waals surface area contributed by atoms with Gasteiger partial charge in [0.25, 0.3) is 0 Å². The summed E-state index contributed by atoms with van der Waals surface area (Å²) in [5.41, 5.74) is 4.36. The van der Waals surface area contributed by atoms with Crippen LogP contribution < -0.4 is 0 Å². The predicted octanol–water partition coefficient (Wildman–Crippen LogP) is 5.94. The quantitative estimate of drug-likeness (QED) is 0.607. The summed E-state index contributed by atoms with van der Waals surface area (Å²) in [4.78, 5) is 0. The molecule has 0 saturated carbocycles. The molecule has 0 bridgehead atoms. The van der Waals surface area contributed by atoms with Crippen LogP contribution in [0.5, 0.6) is 0 Å². The largest absolute Gasteiger partial charge is 0.0654 e. The highest BCUT2D eigenvalue weighted by Crippen LogP contribution is 2.26. The van der Waals surface area contributed by atoms with Crippen molar-refractivity contribution < 1.29 is 0 Å². The zero-order valence-electron chi connectivity index (χ0n) is 13.0. The van der Waals surface area contributed by atoms with Gasteiger partial charge in [-0.05, 0) is 41.4 Å². The molecule has 0 spiro atoms. The Hall–Kier alpha value is -1.56. The molecular weight excluding hydrogens is 240 g/mol. The lowest BCUT2D eigenvalue weighted by Crippen LogP contribution is -2.03. The second-order valence-corrected chi connectivity index (χ2v) is 6.00. The maximum Gasteiger partial charge on any atom is -0.0122 e. The maximum atomic E-state index is 2.31. The van der Waals surface area contributed by atoms with Gasteiger partial charge in [0.1, 0.15) is 0 Å². The summed E-state index contributed by atoms with van der Waals surface area (Å²) in [5.74, 6) is 1.26. The van der Waals surface area contributed by atoms with Gasteiger partial charge in [-0.2, -0.15) is 0 Å². The number of benzene rings is 2. The van der Waals surface area contributed by atoms with Gasteiger partial charge in [0, 0.05) is 0 Å². The fraction of sp³-hybridized carbons (Fsp3) is 0.400. The first-order valence-electron chi connectivity index (χ1n) is 7.84. The fourth-order valence-electron chi connectivity index (χ4n) is 2.78. The molecule has 0 amide bonds. The molecule has 0 aliphatic carbocycles. The molecule has 2 rings (SSSR count). The van der Waals surface area contributed by atoms with E-state index in [9.17, 15) is 0 Å². The molecule has 0 aliphatic rings. The SMILES string of the molecule is CCCC(Cc1ccc(C(C)C)cc1)c1ccccc1. The Labute approximate surface area is 123 Å². The van der Waals surface area contributed by atoms with Crippen LogP contribution in [0.3, 0.4) is 0 Å². The third-order valence-corrected chi connectivity index (χ3v) is 4.04. The third-order valence-electron chi connectivity index (χ3n) is 4.04. The van der Waals surface area contributed by atoms with Gasteiger partial charge in [0.05, 0.1) is 0 Å². The van der Waals surface area contributed by atoms with E-state index in [1.54, 1.807) is 0 Å². The van der Waals surface area contributed by atoms with Gasteiger partial charge < -0.3 is 0 Å². The minimum atomic E-state index is 0.615. The van der Waals surface area contributed by atoms with Gasteiger partial charge in [-0.1, -0.05) is 81.8 Å². The second kappa shape index (κ2) is 7.28. The summed E-state index contributed by atoms with van der Waals surface area (Å²) in [5, 5.41) is 0. The topological polar surface area (TPSA) is 0 Å². The Kier molecular flexibility index (Phi) is 5.40. The highest BCUT2D eigenvalue weighted by molar-refractivity contribution is 5.28. The Bertz CT molecular complexity index is 493. The molecule has 1 unspecified atom stereocenters. The van der Waals surface area contributed by atoms with Crippen molar-refractivity contribution in [1.82, 2.24) is 0 Å². The van der Waals surface area contributed by atoms with Crippen LogP contribution in [-0.4, -0.2) is 0 Å². The van der Waals surface area contributed by atoms with E-state index in [4.69, 9.17) is 0 Å². The van der Waals surface area contributed by atoms with E-state index < -0.39 is 0 Å². The average molecular weight is 266 g/mol. The number of hydrogen-bond donors (Lipinski definition) is 0. The number of rotatable bonds is 6. The van der Waals surface area contributed by atoms with Crippen LogP contribution in [0.25, 0.3) is 0 Å². The van der Waals surface area contributed by atoms with E-state index in [-0.39, 0.29) is 0 Å². The molecule has 0 N–H and O–H groups in total. The van der Waals surface area contributed by atoms with Crippen molar-refractivity contribution in [2.24, 2.45) is 0 Å². The molecule has 0 heteroatoms. The van der Waals surface area contributed by atoms with Crippen molar-refractivity contribution in [3.63, 3.8) is 0 Å². The maximum absolute atomic E-state index is 2.31. The Balaban J connectivity index is 2.12. The second-order valence-electron chi connectivity index (χ2n) is 6.00. The molecule has 2 aromatic rings. The smallest absolute Gasteiger partial charge is 0.0122 e. The third kappa shape index (κ3) is 3.96. The van der Waals surface area contributed by atoms with Crippen molar-refractivity contribution in [1.29, 1.82) is 0 Å². The lowest BCUT2D eigenvalue weighted by Gasteiger charge is -2.17. The molecule has 2 aromatic carbocycles. The van der Waals surface area contributed by atoms with Gasteiger partial charge in [-0.15, -0.1) is 0 Å². The van der Waals surface area contributed by atoms with Gasteiger partial charge in [0.15, 0.2) is 0 Å². The summed E-state index contributed by atoms with van der Waals surface area (Å²) in [6.07, 6.45) is 3.65. The van der Waals surface area contributed by atoms with E-state index in [1.165, 1.54) is 29.5 Å². The van der Waals surface area contributed by atoms with Crippen LogP contribution in [0.1, 0.15) is 62.1 Å². The molecule has 0 radical (unpaired) electrons. The fourth-order valence-corrected chi connectivity index (χ4v) is 2.78. The van der Waals surface area contributed by atoms with Gasteiger partial charge in [0.2, 0.25) is 0 Å². The average Bonchev–Trinajstić information content (AvgIpc) is 2.48. The van der Waals surface area contributed by atoms with Gasteiger partial charge in [-0.3, -0.25) is 0 Å². The first kappa shape index (κ1) is 14.8. The van der Waals surface area contributed by atoms with Crippen molar-refractivity contribution in [3.8, 4) is 0 Å². The summed E-state index contributed by atoms with van der Waals surface area (Å²) in [6.45, 7) is 6.77. The van der Waals surface area contributed by atoms with Gasteiger partial charge >= 0.3 is 0 Å². The summed E-state index contributed by atoms with van der Waals surface area (Å²) >= 11 is 0.